The number of carbonyl (C=O) groups is 2. The third-order valence-electron chi connectivity index (χ3n) is 4.41. The second kappa shape index (κ2) is 10.3. The first-order valence-corrected chi connectivity index (χ1v) is 10.4. The van der Waals surface area contributed by atoms with Crippen molar-refractivity contribution in [1.29, 1.82) is 5.26 Å². The van der Waals surface area contributed by atoms with Gasteiger partial charge in [-0.3, -0.25) is 9.59 Å². The summed E-state index contributed by atoms with van der Waals surface area (Å²) in [5.41, 5.74) is 2.61. The number of thioether (sulfide) groups is 1. The van der Waals surface area contributed by atoms with Crippen LogP contribution in [-0.2, 0) is 4.79 Å². The fraction of sp³-hybridized carbons (Fsp3) is 0.125. The number of nitriles is 1. The zero-order chi connectivity index (χ0) is 21.3. The number of rotatable bonds is 7. The number of benzene rings is 3. The Bertz CT molecular complexity index is 1080. The summed E-state index contributed by atoms with van der Waals surface area (Å²) in [5, 5.41) is 14.7. The van der Waals surface area contributed by atoms with Crippen molar-refractivity contribution in [2.75, 3.05) is 11.1 Å². The standard InChI is InChI=1S/C24H21N3O2S/c1-17(19-9-3-2-4-10-19)26-24(29)21-12-5-6-13-22(21)30-16-23(28)27-20-11-7-8-18(14-20)15-25/h2-14,17H,16H2,1H3,(H,26,29)(H,27,28). The molecule has 5 nitrogen and oxygen atoms in total. The Morgan fingerprint density at radius 1 is 1.00 bits per heavy atom. The molecule has 6 heteroatoms. The fourth-order valence-corrected chi connectivity index (χ4v) is 3.74. The zero-order valence-corrected chi connectivity index (χ0v) is 17.3. The van der Waals surface area contributed by atoms with Gasteiger partial charge >= 0.3 is 0 Å². The molecule has 0 saturated heterocycles. The van der Waals surface area contributed by atoms with Gasteiger partial charge < -0.3 is 10.6 Å². The van der Waals surface area contributed by atoms with Gasteiger partial charge in [0.1, 0.15) is 0 Å². The van der Waals surface area contributed by atoms with Crippen molar-refractivity contribution in [2.24, 2.45) is 0 Å². The second-order valence-corrected chi connectivity index (χ2v) is 7.65. The van der Waals surface area contributed by atoms with E-state index in [1.807, 2.05) is 55.5 Å². The fourth-order valence-electron chi connectivity index (χ4n) is 2.89. The molecule has 150 valence electrons. The van der Waals surface area contributed by atoms with Gasteiger partial charge in [0, 0.05) is 10.6 Å². The van der Waals surface area contributed by atoms with E-state index in [4.69, 9.17) is 5.26 Å². The van der Waals surface area contributed by atoms with Gasteiger partial charge in [-0.15, -0.1) is 11.8 Å². The van der Waals surface area contributed by atoms with Crippen molar-refractivity contribution in [2.45, 2.75) is 17.9 Å². The Labute approximate surface area is 180 Å². The highest BCUT2D eigenvalue weighted by Crippen LogP contribution is 2.24. The number of carbonyl (C=O) groups excluding carboxylic acids is 2. The van der Waals surface area contributed by atoms with Crippen LogP contribution in [0.5, 0.6) is 0 Å². The average molecular weight is 416 g/mol. The summed E-state index contributed by atoms with van der Waals surface area (Å²) in [6, 6.07) is 25.6. The van der Waals surface area contributed by atoms with Gasteiger partial charge in [0.25, 0.3) is 5.91 Å². The molecule has 0 aliphatic rings. The summed E-state index contributed by atoms with van der Waals surface area (Å²) in [6.45, 7) is 1.94. The molecule has 3 rings (SSSR count). The van der Waals surface area contributed by atoms with Crippen molar-refractivity contribution in [3.05, 3.63) is 95.6 Å². The van der Waals surface area contributed by atoms with Crippen molar-refractivity contribution < 1.29 is 9.59 Å². The van der Waals surface area contributed by atoms with Crippen LogP contribution in [0.3, 0.4) is 0 Å². The van der Waals surface area contributed by atoms with E-state index in [1.165, 1.54) is 11.8 Å². The number of nitrogens with zero attached hydrogens (tertiary/aromatic N) is 1. The summed E-state index contributed by atoms with van der Waals surface area (Å²) in [6.07, 6.45) is 0. The van der Waals surface area contributed by atoms with E-state index in [0.717, 1.165) is 10.5 Å². The van der Waals surface area contributed by atoms with Crippen molar-refractivity contribution in [3.63, 3.8) is 0 Å². The minimum atomic E-state index is -0.206. The van der Waals surface area contributed by atoms with Crippen LogP contribution in [0.2, 0.25) is 0 Å². The molecular formula is C24H21N3O2S. The number of hydrogen-bond donors (Lipinski definition) is 2. The first-order valence-electron chi connectivity index (χ1n) is 9.44. The SMILES string of the molecule is CC(NC(=O)c1ccccc1SCC(=O)Nc1cccc(C#N)c1)c1ccccc1. The van der Waals surface area contributed by atoms with Crippen LogP contribution in [0.1, 0.15) is 34.5 Å². The molecule has 0 saturated carbocycles. The molecule has 1 unspecified atom stereocenters. The van der Waals surface area contributed by atoms with Crippen LogP contribution < -0.4 is 10.6 Å². The first-order chi connectivity index (χ1) is 14.6. The van der Waals surface area contributed by atoms with Crippen molar-refractivity contribution >= 4 is 29.3 Å². The second-order valence-electron chi connectivity index (χ2n) is 6.63. The molecule has 0 aliphatic carbocycles. The smallest absolute Gasteiger partial charge is 0.252 e. The summed E-state index contributed by atoms with van der Waals surface area (Å²) < 4.78 is 0. The third kappa shape index (κ3) is 5.72. The maximum absolute atomic E-state index is 12.8. The maximum atomic E-state index is 12.8. The molecule has 3 aromatic rings. The van der Waals surface area contributed by atoms with Gasteiger partial charge in [0.15, 0.2) is 0 Å². The molecule has 0 aromatic heterocycles. The number of amides is 2. The number of nitrogens with one attached hydrogen (secondary N) is 2. The zero-order valence-electron chi connectivity index (χ0n) is 16.5. The lowest BCUT2D eigenvalue weighted by Gasteiger charge is -2.16. The number of hydrogen-bond acceptors (Lipinski definition) is 4. The normalized spacial score (nSPS) is 11.2. The van der Waals surface area contributed by atoms with E-state index < -0.39 is 0 Å². The lowest BCUT2D eigenvalue weighted by Crippen LogP contribution is -2.27. The van der Waals surface area contributed by atoms with Crippen molar-refractivity contribution in [3.8, 4) is 6.07 Å². The van der Waals surface area contributed by atoms with E-state index in [1.54, 1.807) is 36.4 Å². The van der Waals surface area contributed by atoms with Crippen LogP contribution in [0.15, 0.2) is 83.8 Å². The minimum absolute atomic E-state index is 0.132. The van der Waals surface area contributed by atoms with Gasteiger partial charge in [0.2, 0.25) is 5.91 Å². The van der Waals surface area contributed by atoms with Crippen LogP contribution in [0.25, 0.3) is 0 Å². The molecule has 0 radical (unpaired) electrons. The monoisotopic (exact) mass is 415 g/mol. The van der Waals surface area contributed by atoms with Gasteiger partial charge in [-0.25, -0.2) is 0 Å². The first kappa shape index (κ1) is 21.2. The Kier molecular flexibility index (Phi) is 7.25. The molecule has 0 spiro atoms. The molecule has 0 heterocycles. The van der Waals surface area contributed by atoms with Gasteiger partial charge in [-0.1, -0.05) is 48.5 Å². The molecule has 0 fully saturated rings. The summed E-state index contributed by atoms with van der Waals surface area (Å²) in [5.74, 6) is -0.241. The highest BCUT2D eigenvalue weighted by Gasteiger charge is 2.15. The molecular weight excluding hydrogens is 394 g/mol. The van der Waals surface area contributed by atoms with E-state index in [0.29, 0.717) is 16.8 Å². The summed E-state index contributed by atoms with van der Waals surface area (Å²) in [7, 11) is 0. The van der Waals surface area contributed by atoms with E-state index >= 15 is 0 Å². The van der Waals surface area contributed by atoms with E-state index in [-0.39, 0.29) is 23.6 Å². The van der Waals surface area contributed by atoms with Gasteiger partial charge in [0.05, 0.1) is 29.0 Å². The third-order valence-corrected chi connectivity index (χ3v) is 5.49. The largest absolute Gasteiger partial charge is 0.345 e. The average Bonchev–Trinajstić information content (AvgIpc) is 2.78. The Balaban J connectivity index is 1.62. The quantitative estimate of drug-likeness (QED) is 0.544. The Morgan fingerprint density at radius 2 is 1.73 bits per heavy atom. The van der Waals surface area contributed by atoms with Gasteiger partial charge in [-0.05, 0) is 42.8 Å². The maximum Gasteiger partial charge on any atom is 0.252 e. The van der Waals surface area contributed by atoms with Gasteiger partial charge in [-0.2, -0.15) is 5.26 Å². The highest BCUT2D eigenvalue weighted by molar-refractivity contribution is 8.00. The van der Waals surface area contributed by atoms with Crippen molar-refractivity contribution in [1.82, 2.24) is 5.32 Å². The predicted molar refractivity (Wildman–Crippen MR) is 119 cm³/mol. The topological polar surface area (TPSA) is 82.0 Å². The highest BCUT2D eigenvalue weighted by atomic mass is 32.2. The van der Waals surface area contributed by atoms with E-state index in [2.05, 4.69) is 10.6 Å². The summed E-state index contributed by atoms with van der Waals surface area (Å²) in [4.78, 5) is 25.8. The van der Waals surface area contributed by atoms with E-state index in [9.17, 15) is 9.59 Å². The Hall–Kier alpha value is -3.56. The van der Waals surface area contributed by atoms with Crippen LogP contribution in [-0.4, -0.2) is 17.6 Å². The molecule has 0 aliphatic heterocycles. The molecule has 30 heavy (non-hydrogen) atoms. The molecule has 2 N–H and O–H groups in total. The molecule has 3 aromatic carbocycles. The lowest BCUT2D eigenvalue weighted by atomic mass is 10.1. The number of anilines is 1. The van der Waals surface area contributed by atoms with Crippen LogP contribution >= 0.6 is 11.8 Å². The molecule has 2 amide bonds. The van der Waals surface area contributed by atoms with Crippen LogP contribution in [0, 0.1) is 11.3 Å². The molecule has 0 bridgehead atoms. The van der Waals surface area contributed by atoms with Crippen LogP contribution in [0.4, 0.5) is 5.69 Å². The molecule has 1 atom stereocenters. The Morgan fingerprint density at radius 3 is 2.50 bits per heavy atom. The predicted octanol–water partition coefficient (Wildman–Crippen LogP) is 4.78. The minimum Gasteiger partial charge on any atom is -0.345 e. The lowest BCUT2D eigenvalue weighted by molar-refractivity contribution is -0.113. The summed E-state index contributed by atoms with van der Waals surface area (Å²) >= 11 is 1.30.